The highest BCUT2D eigenvalue weighted by Crippen LogP contribution is 1.99. The highest BCUT2D eigenvalue weighted by atomic mass is 16.3. The molecule has 0 saturated heterocycles. The molecule has 0 radical (unpaired) electrons. The summed E-state index contributed by atoms with van der Waals surface area (Å²) in [7, 11) is 0. The molecular weight excluding hydrogens is 132 g/mol. The Hall–Kier alpha value is -0.160. The molecule has 4 nitrogen and oxygen atoms in total. The molecule has 3 atom stereocenters. The van der Waals surface area contributed by atoms with Crippen LogP contribution in [-0.2, 0) is 0 Å². The Morgan fingerprint density at radius 1 is 1.40 bits per heavy atom. The fraction of sp³-hybridized carbons (Fsp3) is 1.00. The number of hydrogen-bond acceptors (Lipinski definition) is 4. The number of hydrogen-bond donors (Lipinski definition) is 4. The first-order valence-corrected chi connectivity index (χ1v) is 3.41. The van der Waals surface area contributed by atoms with Gasteiger partial charge in [-0.25, -0.2) is 0 Å². The summed E-state index contributed by atoms with van der Waals surface area (Å²) in [6.45, 7) is 1.94. The molecule has 0 fully saturated rings. The zero-order valence-corrected chi connectivity index (χ0v) is 6.20. The van der Waals surface area contributed by atoms with Crippen molar-refractivity contribution in [1.29, 1.82) is 0 Å². The zero-order chi connectivity index (χ0) is 8.15. The van der Waals surface area contributed by atoms with Crippen molar-refractivity contribution in [3.63, 3.8) is 0 Å². The fourth-order valence-corrected chi connectivity index (χ4v) is 0.685. The highest BCUT2D eigenvalue weighted by Gasteiger charge is 2.17. The van der Waals surface area contributed by atoms with Gasteiger partial charge >= 0.3 is 0 Å². The Morgan fingerprint density at radius 3 is 2.20 bits per heavy atom. The second kappa shape index (κ2) is 4.62. The second-order valence-electron chi connectivity index (χ2n) is 2.46. The lowest BCUT2D eigenvalue weighted by atomic mass is 10.0. The Bertz CT molecular complexity index is 87.8. The first-order chi connectivity index (χ1) is 4.59. The van der Waals surface area contributed by atoms with Crippen LogP contribution in [0.1, 0.15) is 13.3 Å². The van der Waals surface area contributed by atoms with E-state index in [1.165, 1.54) is 0 Å². The number of nitrogens with two attached hydrogens (primary N) is 2. The molecule has 0 aromatic rings. The largest absolute Gasteiger partial charge is 0.392 e. The minimum Gasteiger partial charge on any atom is -0.392 e. The smallest absolute Gasteiger partial charge is 0.0728 e. The molecule has 0 spiro atoms. The van der Waals surface area contributed by atoms with Crippen molar-refractivity contribution in [3.8, 4) is 0 Å². The number of rotatable bonds is 4. The van der Waals surface area contributed by atoms with Gasteiger partial charge in [0.1, 0.15) is 0 Å². The van der Waals surface area contributed by atoms with Gasteiger partial charge in [0.05, 0.1) is 18.2 Å². The summed E-state index contributed by atoms with van der Waals surface area (Å²) in [5.41, 5.74) is 10.6. The topological polar surface area (TPSA) is 92.5 Å². The third-order valence-corrected chi connectivity index (χ3v) is 1.46. The minimum atomic E-state index is -0.690. The normalized spacial score (nSPS) is 20.1. The van der Waals surface area contributed by atoms with Crippen LogP contribution in [0, 0.1) is 0 Å². The van der Waals surface area contributed by atoms with Crippen LogP contribution >= 0.6 is 0 Å². The third kappa shape index (κ3) is 3.12. The van der Waals surface area contributed by atoms with Gasteiger partial charge in [-0.2, -0.15) is 0 Å². The van der Waals surface area contributed by atoms with Gasteiger partial charge in [0.15, 0.2) is 0 Å². The van der Waals surface area contributed by atoms with Gasteiger partial charge in [0.25, 0.3) is 0 Å². The van der Waals surface area contributed by atoms with Crippen molar-refractivity contribution >= 4 is 0 Å². The molecule has 0 aliphatic carbocycles. The fourth-order valence-electron chi connectivity index (χ4n) is 0.685. The van der Waals surface area contributed by atoms with Crippen molar-refractivity contribution in [2.24, 2.45) is 11.5 Å². The molecule has 0 rings (SSSR count). The maximum Gasteiger partial charge on any atom is 0.0728 e. The number of aliphatic hydroxyl groups excluding tert-OH is 2. The molecule has 0 aliphatic rings. The average Bonchev–Trinajstić information content (AvgIpc) is 1.87. The van der Waals surface area contributed by atoms with E-state index < -0.39 is 18.2 Å². The van der Waals surface area contributed by atoms with Crippen LogP contribution in [0.15, 0.2) is 0 Å². The van der Waals surface area contributed by atoms with E-state index >= 15 is 0 Å². The Labute approximate surface area is 60.8 Å². The third-order valence-electron chi connectivity index (χ3n) is 1.46. The molecule has 0 saturated carbocycles. The lowest BCUT2D eigenvalue weighted by molar-refractivity contribution is 0.0618. The lowest BCUT2D eigenvalue weighted by Crippen LogP contribution is -2.44. The molecule has 10 heavy (non-hydrogen) atoms. The van der Waals surface area contributed by atoms with E-state index in [0.29, 0.717) is 13.0 Å². The first-order valence-electron chi connectivity index (χ1n) is 3.41. The molecule has 0 bridgehead atoms. The summed E-state index contributed by atoms with van der Waals surface area (Å²) >= 11 is 0. The quantitative estimate of drug-likeness (QED) is 0.386. The summed E-state index contributed by atoms with van der Waals surface area (Å²) in [4.78, 5) is 0. The predicted octanol–water partition coefficient (Wildman–Crippen LogP) is -1.60. The van der Waals surface area contributed by atoms with Crippen molar-refractivity contribution in [3.05, 3.63) is 0 Å². The van der Waals surface area contributed by atoms with E-state index in [9.17, 15) is 0 Å². The van der Waals surface area contributed by atoms with E-state index in [-0.39, 0.29) is 0 Å². The van der Waals surface area contributed by atoms with E-state index in [2.05, 4.69) is 0 Å². The summed E-state index contributed by atoms with van der Waals surface area (Å²) < 4.78 is 0. The Kier molecular flexibility index (Phi) is 4.55. The number of aliphatic hydroxyl groups is 2. The average molecular weight is 148 g/mol. The molecular formula is C6H16N2O2. The van der Waals surface area contributed by atoms with E-state index in [0.717, 1.165) is 0 Å². The molecule has 4 heteroatoms. The standard InChI is InChI=1S/C6H16N2O2/c1-4(9)6(8)5(10)2-3-7/h4-6,9-10H,2-3,7-8H2,1H3. The van der Waals surface area contributed by atoms with Gasteiger partial charge in [-0.1, -0.05) is 0 Å². The maximum absolute atomic E-state index is 9.12. The maximum atomic E-state index is 9.12. The van der Waals surface area contributed by atoms with Crippen molar-refractivity contribution < 1.29 is 10.2 Å². The molecule has 0 aliphatic heterocycles. The monoisotopic (exact) mass is 148 g/mol. The van der Waals surface area contributed by atoms with Gasteiger partial charge in [-0.15, -0.1) is 0 Å². The lowest BCUT2D eigenvalue weighted by Gasteiger charge is -2.20. The molecule has 6 N–H and O–H groups in total. The highest BCUT2D eigenvalue weighted by molar-refractivity contribution is 4.76. The van der Waals surface area contributed by atoms with Crippen molar-refractivity contribution in [2.45, 2.75) is 31.6 Å². The zero-order valence-electron chi connectivity index (χ0n) is 6.20. The van der Waals surface area contributed by atoms with Crippen molar-refractivity contribution in [2.75, 3.05) is 6.54 Å². The summed E-state index contributed by atoms with van der Waals surface area (Å²) in [6.07, 6.45) is -0.932. The molecule has 3 unspecified atom stereocenters. The molecule has 0 amide bonds. The van der Waals surface area contributed by atoms with Crippen LogP contribution in [-0.4, -0.2) is 35.0 Å². The van der Waals surface area contributed by atoms with Gasteiger partial charge < -0.3 is 21.7 Å². The Morgan fingerprint density at radius 2 is 1.90 bits per heavy atom. The van der Waals surface area contributed by atoms with Gasteiger partial charge in [0, 0.05) is 0 Å². The molecule has 0 heterocycles. The van der Waals surface area contributed by atoms with Gasteiger partial charge in [0.2, 0.25) is 0 Å². The summed E-state index contributed by atoms with van der Waals surface area (Å²) in [5.74, 6) is 0. The molecule has 0 aromatic carbocycles. The van der Waals surface area contributed by atoms with Crippen molar-refractivity contribution in [1.82, 2.24) is 0 Å². The van der Waals surface area contributed by atoms with Gasteiger partial charge in [-0.3, -0.25) is 0 Å². The van der Waals surface area contributed by atoms with Crippen LogP contribution in [0.2, 0.25) is 0 Å². The SMILES string of the molecule is CC(O)C(N)C(O)CCN. The summed E-state index contributed by atoms with van der Waals surface area (Å²) in [5, 5.41) is 18.0. The van der Waals surface area contributed by atoms with Crippen LogP contribution in [0.3, 0.4) is 0 Å². The van der Waals surface area contributed by atoms with Crippen LogP contribution in [0.4, 0.5) is 0 Å². The van der Waals surface area contributed by atoms with E-state index in [4.69, 9.17) is 21.7 Å². The van der Waals surface area contributed by atoms with E-state index in [1.54, 1.807) is 6.92 Å². The van der Waals surface area contributed by atoms with Gasteiger partial charge in [-0.05, 0) is 19.9 Å². The second-order valence-corrected chi connectivity index (χ2v) is 2.46. The predicted molar refractivity (Wildman–Crippen MR) is 39.3 cm³/mol. The Balaban J connectivity index is 3.58. The van der Waals surface area contributed by atoms with Crippen LogP contribution in [0.25, 0.3) is 0 Å². The molecule has 0 aromatic heterocycles. The van der Waals surface area contributed by atoms with Crippen LogP contribution < -0.4 is 11.5 Å². The summed E-state index contributed by atoms with van der Waals surface area (Å²) in [6, 6.07) is -0.580. The molecule has 62 valence electrons. The minimum absolute atomic E-state index is 0.390. The van der Waals surface area contributed by atoms with Crippen LogP contribution in [0.5, 0.6) is 0 Å². The van der Waals surface area contributed by atoms with E-state index in [1.807, 2.05) is 0 Å². The first kappa shape index (κ1) is 9.84.